The summed E-state index contributed by atoms with van der Waals surface area (Å²) >= 11 is 0. The molecule has 0 radical (unpaired) electrons. The van der Waals surface area contributed by atoms with Gasteiger partial charge in [-0.25, -0.2) is 13.4 Å². The van der Waals surface area contributed by atoms with Gasteiger partial charge in [0.1, 0.15) is 10.7 Å². The van der Waals surface area contributed by atoms with E-state index in [4.69, 9.17) is 0 Å². The lowest BCUT2D eigenvalue weighted by atomic mass is 10.2. The van der Waals surface area contributed by atoms with Crippen molar-refractivity contribution < 1.29 is 18.6 Å². The largest absolute Gasteiger partial charge is 0.504 e. The predicted octanol–water partition coefficient (Wildman–Crippen LogP) is 1.72. The second kappa shape index (κ2) is 7.08. The number of nitrogens with zero attached hydrogens (tertiary/aromatic N) is 3. The van der Waals surface area contributed by atoms with Crippen molar-refractivity contribution in [3.8, 4) is 11.5 Å². The van der Waals surface area contributed by atoms with E-state index in [1.54, 1.807) is 6.07 Å². The minimum Gasteiger partial charge on any atom is -0.504 e. The highest BCUT2D eigenvalue weighted by atomic mass is 32.2. The highest BCUT2D eigenvalue weighted by molar-refractivity contribution is 7.89. The molecule has 0 atom stereocenters. The SMILES string of the molecule is O=S(=O)(c1ccc(N/N=C/c2ccc(O)c(O)c2)nc1)N1CCCC1. The van der Waals surface area contributed by atoms with Crippen molar-refractivity contribution in [1.29, 1.82) is 0 Å². The normalized spacial score (nSPS) is 15.7. The van der Waals surface area contributed by atoms with Crippen LogP contribution in [0, 0.1) is 0 Å². The average Bonchev–Trinajstić information content (AvgIpc) is 3.14. The van der Waals surface area contributed by atoms with Crippen molar-refractivity contribution >= 4 is 22.1 Å². The zero-order valence-electron chi connectivity index (χ0n) is 13.3. The third-order valence-electron chi connectivity index (χ3n) is 3.83. The Morgan fingerprint density at radius 3 is 2.52 bits per heavy atom. The van der Waals surface area contributed by atoms with Gasteiger partial charge >= 0.3 is 0 Å². The van der Waals surface area contributed by atoms with E-state index >= 15 is 0 Å². The lowest BCUT2D eigenvalue weighted by molar-refractivity contribution is 0.403. The highest BCUT2D eigenvalue weighted by Crippen LogP contribution is 2.24. The first-order valence-electron chi connectivity index (χ1n) is 7.74. The van der Waals surface area contributed by atoms with Crippen LogP contribution in [0.1, 0.15) is 18.4 Å². The summed E-state index contributed by atoms with van der Waals surface area (Å²) in [5.74, 6) is -0.0558. The fourth-order valence-electron chi connectivity index (χ4n) is 2.47. The number of phenols is 2. The van der Waals surface area contributed by atoms with Gasteiger partial charge in [-0.15, -0.1) is 0 Å². The average molecular weight is 362 g/mol. The zero-order valence-corrected chi connectivity index (χ0v) is 14.1. The van der Waals surface area contributed by atoms with Crippen LogP contribution >= 0.6 is 0 Å². The van der Waals surface area contributed by atoms with Gasteiger partial charge in [-0.1, -0.05) is 0 Å². The Kier molecular flexibility index (Phi) is 4.86. The van der Waals surface area contributed by atoms with E-state index in [2.05, 4.69) is 15.5 Å². The molecular formula is C16H18N4O4S. The molecule has 2 heterocycles. The first kappa shape index (κ1) is 17.2. The van der Waals surface area contributed by atoms with Gasteiger partial charge in [0.25, 0.3) is 0 Å². The minimum absolute atomic E-state index is 0.160. The molecule has 2 aromatic rings. The number of phenolic OH excluding ortho intramolecular Hbond substituents is 2. The number of sulfonamides is 1. The maximum absolute atomic E-state index is 12.4. The van der Waals surface area contributed by atoms with E-state index < -0.39 is 10.0 Å². The Labute approximate surface area is 145 Å². The van der Waals surface area contributed by atoms with Gasteiger partial charge < -0.3 is 10.2 Å². The van der Waals surface area contributed by atoms with Gasteiger partial charge in [-0.3, -0.25) is 5.43 Å². The van der Waals surface area contributed by atoms with E-state index in [1.807, 2.05) is 0 Å². The number of anilines is 1. The Morgan fingerprint density at radius 2 is 1.88 bits per heavy atom. The maximum atomic E-state index is 12.4. The number of hydrazone groups is 1. The van der Waals surface area contributed by atoms with Gasteiger partial charge in [0.15, 0.2) is 11.5 Å². The molecule has 1 aromatic carbocycles. The molecular weight excluding hydrogens is 344 g/mol. The van der Waals surface area contributed by atoms with E-state index in [1.165, 1.54) is 41.0 Å². The number of nitrogens with one attached hydrogen (secondary N) is 1. The fourth-order valence-corrected chi connectivity index (χ4v) is 3.93. The van der Waals surface area contributed by atoms with Crippen LogP contribution in [0.25, 0.3) is 0 Å². The number of pyridine rings is 1. The van der Waals surface area contributed by atoms with Crippen molar-refractivity contribution in [1.82, 2.24) is 9.29 Å². The highest BCUT2D eigenvalue weighted by Gasteiger charge is 2.27. The van der Waals surface area contributed by atoms with Gasteiger partial charge in [-0.2, -0.15) is 9.41 Å². The third-order valence-corrected chi connectivity index (χ3v) is 5.71. The molecule has 3 N–H and O–H groups in total. The van der Waals surface area contributed by atoms with Crippen LogP contribution in [0.3, 0.4) is 0 Å². The molecule has 1 aliphatic heterocycles. The molecule has 3 rings (SSSR count). The zero-order chi connectivity index (χ0) is 17.9. The number of hydrogen-bond donors (Lipinski definition) is 3. The summed E-state index contributed by atoms with van der Waals surface area (Å²) in [5, 5.41) is 22.6. The molecule has 132 valence electrons. The molecule has 1 aliphatic rings. The summed E-state index contributed by atoms with van der Waals surface area (Å²) in [6.45, 7) is 1.10. The van der Waals surface area contributed by atoms with E-state index in [0.29, 0.717) is 24.5 Å². The monoisotopic (exact) mass is 362 g/mol. The van der Waals surface area contributed by atoms with E-state index in [9.17, 15) is 18.6 Å². The molecule has 0 spiro atoms. The number of aromatic hydroxyl groups is 2. The van der Waals surface area contributed by atoms with Crippen molar-refractivity contribution in [2.75, 3.05) is 18.5 Å². The van der Waals surface area contributed by atoms with E-state index in [-0.39, 0.29) is 16.4 Å². The van der Waals surface area contributed by atoms with Gasteiger partial charge in [0.05, 0.1) is 6.21 Å². The lowest BCUT2D eigenvalue weighted by Crippen LogP contribution is -2.27. The van der Waals surface area contributed by atoms with Crippen LogP contribution in [-0.2, 0) is 10.0 Å². The number of rotatable bonds is 5. The van der Waals surface area contributed by atoms with Gasteiger partial charge in [-0.05, 0) is 48.7 Å². The van der Waals surface area contributed by atoms with Crippen LogP contribution in [0.15, 0.2) is 46.5 Å². The number of benzene rings is 1. The summed E-state index contributed by atoms with van der Waals surface area (Å²) in [7, 11) is -3.47. The number of aromatic nitrogens is 1. The van der Waals surface area contributed by atoms with Crippen LogP contribution < -0.4 is 5.43 Å². The second-order valence-corrected chi connectivity index (χ2v) is 7.55. The smallest absolute Gasteiger partial charge is 0.244 e. The molecule has 8 nitrogen and oxygen atoms in total. The summed E-state index contributed by atoms with van der Waals surface area (Å²) in [6, 6.07) is 7.32. The Morgan fingerprint density at radius 1 is 1.12 bits per heavy atom. The quantitative estimate of drug-likeness (QED) is 0.424. The lowest BCUT2D eigenvalue weighted by Gasteiger charge is -2.15. The van der Waals surface area contributed by atoms with Crippen LogP contribution in [0.2, 0.25) is 0 Å². The topological polar surface area (TPSA) is 115 Å². The van der Waals surface area contributed by atoms with Crippen LogP contribution in [0.5, 0.6) is 11.5 Å². The van der Waals surface area contributed by atoms with Crippen molar-refractivity contribution in [3.05, 3.63) is 42.1 Å². The summed E-state index contributed by atoms with van der Waals surface area (Å²) in [6.07, 6.45) is 4.51. The second-order valence-electron chi connectivity index (χ2n) is 5.61. The van der Waals surface area contributed by atoms with Crippen molar-refractivity contribution in [2.24, 2.45) is 5.10 Å². The molecule has 0 amide bonds. The van der Waals surface area contributed by atoms with Crippen molar-refractivity contribution in [2.45, 2.75) is 17.7 Å². The molecule has 25 heavy (non-hydrogen) atoms. The fraction of sp³-hybridized carbons (Fsp3) is 0.250. The first-order chi connectivity index (χ1) is 12.0. The van der Waals surface area contributed by atoms with Gasteiger partial charge in [0.2, 0.25) is 10.0 Å². The van der Waals surface area contributed by atoms with Crippen LogP contribution in [0.4, 0.5) is 5.82 Å². The molecule has 9 heteroatoms. The molecule has 1 saturated heterocycles. The summed E-state index contributed by atoms with van der Waals surface area (Å²) in [5.41, 5.74) is 3.26. The Bertz CT molecular complexity index is 876. The van der Waals surface area contributed by atoms with Crippen LogP contribution in [-0.4, -0.2) is 47.2 Å². The molecule has 0 unspecified atom stereocenters. The van der Waals surface area contributed by atoms with E-state index in [0.717, 1.165) is 12.8 Å². The summed E-state index contributed by atoms with van der Waals surface area (Å²) in [4.78, 5) is 4.22. The molecule has 0 bridgehead atoms. The predicted molar refractivity (Wildman–Crippen MR) is 93.2 cm³/mol. The molecule has 1 fully saturated rings. The molecule has 1 aromatic heterocycles. The first-order valence-corrected chi connectivity index (χ1v) is 9.18. The maximum Gasteiger partial charge on any atom is 0.244 e. The van der Waals surface area contributed by atoms with Crippen molar-refractivity contribution in [3.63, 3.8) is 0 Å². The summed E-state index contributed by atoms with van der Waals surface area (Å²) < 4.78 is 26.3. The number of hydrogen-bond acceptors (Lipinski definition) is 7. The standard InChI is InChI=1S/C16H18N4O4S/c21-14-5-3-12(9-15(14)22)10-18-19-16-6-4-13(11-17-16)25(23,24)20-7-1-2-8-20/h3-6,9-11,21-22H,1-2,7-8H2,(H,17,19)/b18-10+. The molecule has 0 saturated carbocycles. The Balaban J connectivity index is 1.66. The Hall–Kier alpha value is -2.65. The molecule has 0 aliphatic carbocycles. The minimum atomic E-state index is -3.47. The third kappa shape index (κ3) is 3.89. The van der Waals surface area contributed by atoms with Gasteiger partial charge in [0, 0.05) is 19.3 Å².